The van der Waals surface area contributed by atoms with Crippen molar-refractivity contribution in [1.82, 2.24) is 9.88 Å². The normalized spacial score (nSPS) is 17.4. The van der Waals surface area contributed by atoms with Crippen LogP contribution < -0.4 is 4.74 Å². The van der Waals surface area contributed by atoms with Crippen molar-refractivity contribution in [3.63, 3.8) is 0 Å². The summed E-state index contributed by atoms with van der Waals surface area (Å²) in [7, 11) is 1.69. The Morgan fingerprint density at radius 2 is 2.16 bits per heavy atom. The smallest absolute Gasteiger partial charge is 0.233 e. The van der Waals surface area contributed by atoms with E-state index in [9.17, 15) is 4.79 Å². The van der Waals surface area contributed by atoms with Gasteiger partial charge in [-0.3, -0.25) is 9.78 Å². The van der Waals surface area contributed by atoms with E-state index in [4.69, 9.17) is 4.74 Å². The third-order valence-corrected chi connectivity index (χ3v) is 5.60. The maximum absolute atomic E-state index is 12.4. The topological polar surface area (TPSA) is 42.4 Å². The Morgan fingerprint density at radius 1 is 1.36 bits per heavy atom. The van der Waals surface area contributed by atoms with E-state index in [1.165, 1.54) is 0 Å². The molecule has 0 saturated carbocycles. The number of aromatic nitrogens is 1. The van der Waals surface area contributed by atoms with Crippen LogP contribution in [0.2, 0.25) is 0 Å². The molecule has 1 fully saturated rings. The van der Waals surface area contributed by atoms with E-state index >= 15 is 0 Å². The second kappa shape index (κ2) is 7.48. The molecule has 132 valence electrons. The van der Waals surface area contributed by atoms with Gasteiger partial charge in [0.1, 0.15) is 11.1 Å². The first-order valence-corrected chi connectivity index (χ1v) is 9.56. The van der Waals surface area contributed by atoms with Gasteiger partial charge < -0.3 is 9.64 Å². The molecule has 1 aliphatic rings. The quantitative estimate of drug-likeness (QED) is 0.801. The molecule has 25 heavy (non-hydrogen) atoms. The van der Waals surface area contributed by atoms with Crippen LogP contribution in [-0.2, 0) is 4.79 Å². The largest absolute Gasteiger partial charge is 0.496 e. The maximum Gasteiger partial charge on any atom is 0.233 e. The summed E-state index contributed by atoms with van der Waals surface area (Å²) in [6, 6.07) is 8.25. The van der Waals surface area contributed by atoms with Crippen molar-refractivity contribution >= 4 is 17.7 Å². The fourth-order valence-corrected chi connectivity index (χ4v) is 4.37. The Hall–Kier alpha value is -2.01. The van der Waals surface area contributed by atoms with Crippen molar-refractivity contribution in [3.8, 4) is 16.9 Å². The van der Waals surface area contributed by atoms with Crippen LogP contribution in [0.25, 0.3) is 11.1 Å². The zero-order chi connectivity index (χ0) is 18.0. The molecular formula is C20H24N2O2S. The van der Waals surface area contributed by atoms with Gasteiger partial charge in [0.2, 0.25) is 5.91 Å². The Kier molecular flexibility index (Phi) is 5.33. The summed E-state index contributed by atoms with van der Waals surface area (Å²) in [5, 5.41) is 0.0193. The molecule has 0 radical (unpaired) electrons. The molecule has 1 unspecified atom stereocenters. The predicted octanol–water partition coefficient (Wildman–Crippen LogP) is 4.30. The van der Waals surface area contributed by atoms with Crippen LogP contribution in [-0.4, -0.2) is 35.2 Å². The second-order valence-electron chi connectivity index (χ2n) is 6.75. The van der Waals surface area contributed by atoms with Gasteiger partial charge >= 0.3 is 0 Å². The summed E-state index contributed by atoms with van der Waals surface area (Å²) in [5.41, 5.74) is 4.39. The number of hydrogen-bond acceptors (Lipinski definition) is 4. The Morgan fingerprint density at radius 3 is 2.88 bits per heavy atom. The van der Waals surface area contributed by atoms with Gasteiger partial charge in [0.05, 0.1) is 12.9 Å². The number of aryl methyl sites for hydroxylation is 1. The zero-order valence-electron chi connectivity index (χ0n) is 15.2. The van der Waals surface area contributed by atoms with Gasteiger partial charge in [-0.05, 0) is 41.7 Å². The van der Waals surface area contributed by atoms with Crippen molar-refractivity contribution in [3.05, 3.63) is 47.8 Å². The highest BCUT2D eigenvalue weighted by Crippen LogP contribution is 2.43. The molecular weight excluding hydrogens is 332 g/mol. The average molecular weight is 356 g/mol. The highest BCUT2D eigenvalue weighted by molar-refractivity contribution is 8.00. The molecule has 2 heterocycles. The fraction of sp³-hybridized carbons (Fsp3) is 0.400. The van der Waals surface area contributed by atoms with Crippen LogP contribution in [0, 0.1) is 12.8 Å². The van der Waals surface area contributed by atoms with E-state index in [1.54, 1.807) is 25.1 Å². The van der Waals surface area contributed by atoms with Gasteiger partial charge in [0.25, 0.3) is 0 Å². The van der Waals surface area contributed by atoms with Gasteiger partial charge in [0.15, 0.2) is 0 Å². The van der Waals surface area contributed by atoms with E-state index in [1.807, 2.05) is 24.1 Å². The second-order valence-corrected chi connectivity index (χ2v) is 7.82. The molecule has 1 aromatic heterocycles. The Balaban J connectivity index is 2.03. The molecule has 0 bridgehead atoms. The van der Waals surface area contributed by atoms with Crippen molar-refractivity contribution in [2.45, 2.75) is 26.1 Å². The predicted molar refractivity (Wildman–Crippen MR) is 103 cm³/mol. The maximum atomic E-state index is 12.4. The molecule has 1 amide bonds. The number of hydrogen-bond donors (Lipinski definition) is 0. The van der Waals surface area contributed by atoms with Crippen LogP contribution >= 0.6 is 11.8 Å². The molecule has 1 aliphatic heterocycles. The minimum Gasteiger partial charge on any atom is -0.496 e. The summed E-state index contributed by atoms with van der Waals surface area (Å²) < 4.78 is 5.48. The van der Waals surface area contributed by atoms with Crippen molar-refractivity contribution in [2.24, 2.45) is 5.92 Å². The number of thioether (sulfide) groups is 1. The van der Waals surface area contributed by atoms with Crippen LogP contribution in [0.4, 0.5) is 0 Å². The third kappa shape index (κ3) is 3.66. The van der Waals surface area contributed by atoms with E-state index in [-0.39, 0.29) is 11.3 Å². The van der Waals surface area contributed by atoms with Crippen molar-refractivity contribution in [1.29, 1.82) is 0 Å². The van der Waals surface area contributed by atoms with Gasteiger partial charge in [-0.25, -0.2) is 0 Å². The van der Waals surface area contributed by atoms with Crippen molar-refractivity contribution < 1.29 is 9.53 Å². The van der Waals surface area contributed by atoms with Gasteiger partial charge in [-0.2, -0.15) is 0 Å². The molecule has 0 N–H and O–H groups in total. The summed E-state index contributed by atoms with van der Waals surface area (Å²) in [5.74, 6) is 2.04. The molecule has 5 heteroatoms. The van der Waals surface area contributed by atoms with Crippen LogP contribution in [0.15, 0.2) is 36.7 Å². The molecule has 2 aromatic rings. The fourth-order valence-electron chi connectivity index (χ4n) is 3.16. The standard InChI is InChI=1S/C20H24N2O2S/c1-13(2)11-22-19(23)12-25-20(22)17-10-21-8-7-16(17)15-6-5-14(3)18(9-15)24-4/h5-10,13,20H,11-12H2,1-4H3. The number of methoxy groups -OCH3 is 1. The lowest BCUT2D eigenvalue weighted by molar-refractivity contribution is -0.128. The van der Waals surface area contributed by atoms with Gasteiger partial charge in [-0.15, -0.1) is 11.8 Å². The van der Waals surface area contributed by atoms with E-state index in [0.29, 0.717) is 11.7 Å². The number of benzene rings is 1. The Bertz CT molecular complexity index is 776. The minimum absolute atomic E-state index is 0.0193. The SMILES string of the molecule is COc1cc(-c2ccncc2C2SCC(=O)N2CC(C)C)ccc1C. The zero-order valence-corrected chi connectivity index (χ0v) is 16.0. The first-order chi connectivity index (χ1) is 12.0. The molecule has 1 saturated heterocycles. The van der Waals surface area contributed by atoms with E-state index in [2.05, 4.69) is 37.0 Å². The molecule has 1 aromatic carbocycles. The number of amides is 1. The first kappa shape index (κ1) is 17.8. The van der Waals surface area contributed by atoms with Gasteiger partial charge in [0, 0.05) is 24.5 Å². The monoisotopic (exact) mass is 356 g/mol. The number of rotatable bonds is 5. The average Bonchev–Trinajstić information content (AvgIpc) is 2.95. The number of nitrogens with zero attached hydrogens (tertiary/aromatic N) is 2. The van der Waals surface area contributed by atoms with Crippen LogP contribution in [0.3, 0.4) is 0 Å². The van der Waals surface area contributed by atoms with E-state index in [0.717, 1.165) is 34.5 Å². The Labute approximate surface area is 153 Å². The highest BCUT2D eigenvalue weighted by atomic mass is 32.2. The summed E-state index contributed by atoms with van der Waals surface area (Å²) >= 11 is 1.68. The number of pyridine rings is 1. The van der Waals surface area contributed by atoms with E-state index < -0.39 is 0 Å². The highest BCUT2D eigenvalue weighted by Gasteiger charge is 2.34. The first-order valence-electron chi connectivity index (χ1n) is 8.51. The number of ether oxygens (including phenoxy) is 1. The number of carbonyl (C=O) groups is 1. The molecule has 0 spiro atoms. The molecule has 1 atom stereocenters. The molecule has 3 rings (SSSR count). The third-order valence-electron chi connectivity index (χ3n) is 4.37. The van der Waals surface area contributed by atoms with Crippen LogP contribution in [0.5, 0.6) is 5.75 Å². The summed E-state index contributed by atoms with van der Waals surface area (Å²) in [6.45, 7) is 7.08. The van der Waals surface area contributed by atoms with Crippen LogP contribution in [0.1, 0.15) is 30.3 Å². The van der Waals surface area contributed by atoms with Crippen molar-refractivity contribution in [2.75, 3.05) is 19.4 Å². The molecule has 0 aliphatic carbocycles. The summed E-state index contributed by atoms with van der Waals surface area (Å²) in [6.07, 6.45) is 3.70. The lowest BCUT2D eigenvalue weighted by Crippen LogP contribution is -2.31. The number of carbonyl (C=O) groups excluding carboxylic acids is 1. The van der Waals surface area contributed by atoms with Gasteiger partial charge in [-0.1, -0.05) is 26.0 Å². The minimum atomic E-state index is 0.0193. The lowest BCUT2D eigenvalue weighted by atomic mass is 9.99. The molecule has 4 nitrogen and oxygen atoms in total. The lowest BCUT2D eigenvalue weighted by Gasteiger charge is -2.27. The summed E-state index contributed by atoms with van der Waals surface area (Å²) in [4.78, 5) is 18.7.